The monoisotopic (exact) mass is 258 g/mol. The minimum absolute atomic E-state index is 0.116. The maximum absolute atomic E-state index is 12.5. The van der Waals surface area contributed by atoms with Crippen LogP contribution in [0.2, 0.25) is 0 Å². The zero-order valence-electron chi connectivity index (χ0n) is 13.1. The first-order valence-electron chi connectivity index (χ1n) is 7.03. The number of carbonyl (C=O) groups excluding carboxylic acids is 1. The van der Waals surface area contributed by atoms with Crippen molar-refractivity contribution in [3.8, 4) is 0 Å². The van der Waals surface area contributed by atoms with Gasteiger partial charge in [-0.3, -0.25) is 4.79 Å². The van der Waals surface area contributed by atoms with E-state index in [0.717, 1.165) is 0 Å². The summed E-state index contributed by atoms with van der Waals surface area (Å²) in [5.41, 5.74) is -0.537. The Labute approximate surface area is 112 Å². The largest absolute Gasteiger partial charge is 0.465 e. The highest BCUT2D eigenvalue weighted by Crippen LogP contribution is 2.38. The van der Waals surface area contributed by atoms with E-state index < -0.39 is 5.41 Å². The Kier molecular flexibility index (Phi) is 7.53. The van der Waals surface area contributed by atoms with Crippen LogP contribution in [0.15, 0.2) is 0 Å². The van der Waals surface area contributed by atoms with Crippen molar-refractivity contribution in [1.82, 2.24) is 0 Å². The van der Waals surface area contributed by atoms with E-state index in [1.54, 1.807) is 0 Å². The number of hydrogen-bond acceptors (Lipinski definition) is 3. The maximum atomic E-state index is 12.5. The molecule has 0 fully saturated rings. The molecular weight excluding hydrogens is 228 g/mol. The van der Waals surface area contributed by atoms with Crippen LogP contribution < -0.4 is 0 Å². The molecule has 0 aromatic carbocycles. The van der Waals surface area contributed by atoms with Crippen LogP contribution in [0.25, 0.3) is 0 Å². The van der Waals surface area contributed by atoms with E-state index in [1.165, 1.54) is 0 Å². The molecule has 0 aliphatic carbocycles. The minimum atomic E-state index is -0.537. The molecule has 3 nitrogen and oxygen atoms in total. The predicted octanol–water partition coefficient (Wildman–Crippen LogP) is 3.52. The van der Waals surface area contributed by atoms with Gasteiger partial charge in [-0.05, 0) is 24.7 Å². The zero-order chi connectivity index (χ0) is 14.3. The van der Waals surface area contributed by atoms with Crippen LogP contribution in [-0.2, 0) is 14.3 Å². The molecule has 0 aliphatic rings. The van der Waals surface area contributed by atoms with Crippen LogP contribution in [0.5, 0.6) is 0 Å². The Morgan fingerprint density at radius 2 is 1.56 bits per heavy atom. The van der Waals surface area contributed by atoms with Gasteiger partial charge < -0.3 is 9.47 Å². The molecule has 3 heteroatoms. The number of rotatable bonds is 8. The lowest BCUT2D eigenvalue weighted by atomic mass is 9.69. The molecule has 0 bridgehead atoms. The van der Waals surface area contributed by atoms with E-state index in [-0.39, 0.29) is 17.8 Å². The van der Waals surface area contributed by atoms with Crippen LogP contribution in [-0.4, -0.2) is 25.8 Å². The van der Waals surface area contributed by atoms with Crippen molar-refractivity contribution >= 4 is 5.97 Å². The molecule has 108 valence electrons. The van der Waals surface area contributed by atoms with E-state index >= 15 is 0 Å². The van der Waals surface area contributed by atoms with Gasteiger partial charge in [-0.2, -0.15) is 0 Å². The highest BCUT2D eigenvalue weighted by Gasteiger charge is 2.46. The Hall–Kier alpha value is -0.570. The summed E-state index contributed by atoms with van der Waals surface area (Å²) in [5.74, 6) is 0.639. The van der Waals surface area contributed by atoms with Crippen molar-refractivity contribution in [2.24, 2.45) is 23.2 Å². The molecule has 0 N–H and O–H groups in total. The van der Waals surface area contributed by atoms with Gasteiger partial charge >= 0.3 is 5.97 Å². The highest BCUT2D eigenvalue weighted by atomic mass is 16.5. The van der Waals surface area contributed by atoms with Crippen molar-refractivity contribution in [2.75, 3.05) is 19.8 Å². The van der Waals surface area contributed by atoms with Crippen molar-refractivity contribution in [1.29, 1.82) is 0 Å². The van der Waals surface area contributed by atoms with Gasteiger partial charge in [0.25, 0.3) is 0 Å². The molecule has 0 aromatic rings. The Morgan fingerprint density at radius 1 is 1.06 bits per heavy atom. The molecule has 0 saturated carbocycles. The molecule has 0 aliphatic heterocycles. The van der Waals surface area contributed by atoms with Gasteiger partial charge in [-0.1, -0.05) is 41.5 Å². The summed E-state index contributed by atoms with van der Waals surface area (Å²) in [6.45, 7) is 15.8. The number of hydrogen-bond donors (Lipinski definition) is 0. The number of carbonyl (C=O) groups is 1. The number of esters is 1. The van der Waals surface area contributed by atoms with Gasteiger partial charge in [-0.15, -0.1) is 0 Å². The molecule has 0 spiro atoms. The van der Waals surface area contributed by atoms with Crippen LogP contribution >= 0.6 is 0 Å². The van der Waals surface area contributed by atoms with Crippen molar-refractivity contribution in [3.63, 3.8) is 0 Å². The van der Waals surface area contributed by atoms with Crippen molar-refractivity contribution in [2.45, 2.75) is 48.5 Å². The summed E-state index contributed by atoms with van der Waals surface area (Å²) in [7, 11) is 0. The second-order valence-electron chi connectivity index (χ2n) is 5.98. The Balaban J connectivity index is 4.97. The van der Waals surface area contributed by atoms with Gasteiger partial charge in [0.05, 0.1) is 18.6 Å². The average Bonchev–Trinajstić information content (AvgIpc) is 2.26. The lowest BCUT2D eigenvalue weighted by Crippen LogP contribution is -2.46. The second kappa shape index (κ2) is 7.78. The molecule has 0 rings (SSSR count). The molecule has 0 unspecified atom stereocenters. The van der Waals surface area contributed by atoms with Gasteiger partial charge in [0.15, 0.2) is 0 Å². The lowest BCUT2D eigenvalue weighted by Gasteiger charge is -2.38. The summed E-state index contributed by atoms with van der Waals surface area (Å²) >= 11 is 0. The summed E-state index contributed by atoms with van der Waals surface area (Å²) < 4.78 is 11.0. The first-order valence-corrected chi connectivity index (χ1v) is 7.03. The lowest BCUT2D eigenvalue weighted by molar-refractivity contribution is -0.169. The molecule has 0 atom stereocenters. The highest BCUT2D eigenvalue weighted by molar-refractivity contribution is 5.77. The van der Waals surface area contributed by atoms with E-state index in [1.807, 2.05) is 20.8 Å². The third-order valence-electron chi connectivity index (χ3n) is 3.53. The number of ether oxygens (including phenoxy) is 2. The fraction of sp³-hybridized carbons (Fsp3) is 0.933. The van der Waals surface area contributed by atoms with E-state index in [9.17, 15) is 4.79 Å². The quantitative estimate of drug-likeness (QED) is 0.625. The van der Waals surface area contributed by atoms with E-state index in [4.69, 9.17) is 9.47 Å². The molecule has 0 amide bonds. The normalized spacial score (nSPS) is 12.6. The Morgan fingerprint density at radius 3 is 1.89 bits per heavy atom. The third-order valence-corrected chi connectivity index (χ3v) is 3.53. The SMILES string of the molecule is CCOCC(C(=O)OCC(C)C)(C(C)C)C(C)C. The van der Waals surface area contributed by atoms with E-state index in [2.05, 4.69) is 27.7 Å². The molecule has 0 radical (unpaired) electrons. The van der Waals surface area contributed by atoms with Gasteiger partial charge in [-0.25, -0.2) is 0 Å². The first-order chi connectivity index (χ1) is 8.28. The van der Waals surface area contributed by atoms with Gasteiger partial charge in [0.1, 0.15) is 0 Å². The van der Waals surface area contributed by atoms with Crippen LogP contribution in [0.1, 0.15) is 48.5 Å². The maximum Gasteiger partial charge on any atom is 0.314 e. The van der Waals surface area contributed by atoms with Gasteiger partial charge in [0, 0.05) is 6.61 Å². The third kappa shape index (κ3) is 4.27. The molecular formula is C15H30O3. The molecule has 18 heavy (non-hydrogen) atoms. The standard InChI is InChI=1S/C15H30O3/c1-8-17-10-15(12(4)5,13(6)7)14(16)18-9-11(2)3/h11-13H,8-10H2,1-7H3. The van der Waals surface area contributed by atoms with Crippen molar-refractivity contribution < 1.29 is 14.3 Å². The fourth-order valence-corrected chi connectivity index (χ4v) is 2.18. The smallest absolute Gasteiger partial charge is 0.314 e. The van der Waals surface area contributed by atoms with E-state index in [0.29, 0.717) is 25.7 Å². The first kappa shape index (κ1) is 17.4. The van der Waals surface area contributed by atoms with Crippen LogP contribution in [0.3, 0.4) is 0 Å². The van der Waals surface area contributed by atoms with Crippen LogP contribution in [0.4, 0.5) is 0 Å². The zero-order valence-corrected chi connectivity index (χ0v) is 13.1. The predicted molar refractivity (Wildman–Crippen MR) is 74.4 cm³/mol. The molecule has 0 heterocycles. The Bertz CT molecular complexity index is 236. The molecule has 0 saturated heterocycles. The van der Waals surface area contributed by atoms with Crippen LogP contribution in [0, 0.1) is 23.2 Å². The second-order valence-corrected chi connectivity index (χ2v) is 5.98. The fourth-order valence-electron chi connectivity index (χ4n) is 2.18. The average molecular weight is 258 g/mol. The van der Waals surface area contributed by atoms with Crippen molar-refractivity contribution in [3.05, 3.63) is 0 Å². The minimum Gasteiger partial charge on any atom is -0.465 e. The summed E-state index contributed by atoms with van der Waals surface area (Å²) in [6, 6.07) is 0. The topological polar surface area (TPSA) is 35.5 Å². The molecule has 0 aromatic heterocycles. The summed E-state index contributed by atoms with van der Waals surface area (Å²) in [6.07, 6.45) is 0. The summed E-state index contributed by atoms with van der Waals surface area (Å²) in [4.78, 5) is 12.5. The summed E-state index contributed by atoms with van der Waals surface area (Å²) in [5, 5.41) is 0. The van der Waals surface area contributed by atoms with Gasteiger partial charge in [0.2, 0.25) is 0 Å².